The molecule has 1 aliphatic heterocycles. The van der Waals surface area contributed by atoms with E-state index in [-0.39, 0.29) is 31.6 Å². The van der Waals surface area contributed by atoms with Gasteiger partial charge in [0.05, 0.1) is 19.3 Å². The van der Waals surface area contributed by atoms with Gasteiger partial charge in [-0.05, 0) is 45.6 Å². The van der Waals surface area contributed by atoms with Crippen LogP contribution in [-0.2, 0) is 27.9 Å². The average Bonchev–Trinajstić information content (AvgIpc) is 3.82. The lowest BCUT2D eigenvalue weighted by molar-refractivity contribution is -0.145. The minimum absolute atomic E-state index is 0.0108. The van der Waals surface area contributed by atoms with Crippen LogP contribution in [0.25, 0.3) is 0 Å². The number of likely N-dealkylation sites (N-methyl/N-ethyl adjacent to an activating group) is 1. The number of allylic oxidation sites excluding steroid dienone is 2. The number of unbranched alkanes of at least 4 members (excludes halogenated alkanes) is 21. The second kappa shape index (κ2) is 30.5. The first kappa shape index (κ1) is 45.9. The maximum atomic E-state index is 13.1. The van der Waals surface area contributed by atoms with Crippen LogP contribution in [0.2, 0.25) is 0 Å². The summed E-state index contributed by atoms with van der Waals surface area (Å²) in [5.41, 5.74) is -1.00. The highest BCUT2D eigenvalue weighted by atomic mass is 31.2. The quantitative estimate of drug-likeness (QED) is 0.0189. The number of carbonyl (C=O) groups excluding carboxylic acids is 2. The molecule has 1 fully saturated rings. The Morgan fingerprint density at radius 2 is 1.16 bits per heavy atom. The lowest BCUT2D eigenvalue weighted by atomic mass is 9.99. The second-order valence-corrected chi connectivity index (χ2v) is 15.6. The Hall–Kier alpha value is -1.09. The third kappa shape index (κ3) is 25.5. The number of phosphoric ester groups is 1. The number of esters is 1. The summed E-state index contributed by atoms with van der Waals surface area (Å²) in [7, 11) is -2.60. The van der Waals surface area contributed by atoms with Gasteiger partial charge < -0.3 is 14.9 Å². The van der Waals surface area contributed by atoms with E-state index in [1.807, 2.05) is 0 Å². The highest BCUT2D eigenvalue weighted by Gasteiger charge is 2.59. The molecule has 9 nitrogen and oxygen atoms in total. The molecule has 49 heavy (non-hydrogen) atoms. The Kier molecular flexibility index (Phi) is 28.6. The van der Waals surface area contributed by atoms with E-state index in [0.717, 1.165) is 51.4 Å². The molecule has 3 N–H and O–H groups in total. The van der Waals surface area contributed by atoms with Crippen molar-refractivity contribution in [1.29, 1.82) is 0 Å². The standard InChI is InChI=1S/C39H75N2O7P/c1-4-6-8-10-12-14-16-17-18-19-21-23-25-27-29-31-37(43)46-34-39(35-48-49(44,45)47-33-32-40-3)38(41-39)36(42)30-28-26-24-22-20-15-13-11-9-7-5-2/h17-18,38,40-41H,4-16,19-35H2,1-3H3,(H,44,45)/b18-17-/t38-,39-/m0/s1. The van der Waals surface area contributed by atoms with E-state index >= 15 is 0 Å². The maximum absolute atomic E-state index is 13.1. The van der Waals surface area contributed by atoms with E-state index in [1.165, 1.54) is 103 Å². The Morgan fingerprint density at radius 3 is 1.67 bits per heavy atom. The molecule has 288 valence electrons. The van der Waals surface area contributed by atoms with Gasteiger partial charge in [-0.2, -0.15) is 0 Å². The van der Waals surface area contributed by atoms with Crippen LogP contribution in [0.3, 0.4) is 0 Å². The van der Waals surface area contributed by atoms with Gasteiger partial charge in [-0.3, -0.25) is 24.0 Å². The van der Waals surface area contributed by atoms with E-state index in [1.54, 1.807) is 7.05 Å². The number of Topliss-reactive ketones (excluding diaryl/α,β-unsaturated/α-hetero) is 1. The fraction of sp³-hybridized carbons (Fsp3) is 0.897. The molecule has 1 rings (SSSR count). The zero-order valence-electron chi connectivity index (χ0n) is 31.8. The topological polar surface area (TPSA) is 133 Å². The van der Waals surface area contributed by atoms with E-state index in [2.05, 4.69) is 36.6 Å². The summed E-state index contributed by atoms with van der Waals surface area (Å²) < 4.78 is 28.2. The number of hydrogen-bond acceptors (Lipinski definition) is 8. The van der Waals surface area contributed by atoms with Gasteiger partial charge in [-0.15, -0.1) is 0 Å². The molecule has 0 radical (unpaired) electrons. The second-order valence-electron chi connectivity index (χ2n) is 14.2. The molecule has 1 saturated heterocycles. The first-order chi connectivity index (χ1) is 23.8. The number of ketones is 1. The summed E-state index contributed by atoms with van der Waals surface area (Å²) >= 11 is 0. The van der Waals surface area contributed by atoms with Gasteiger partial charge in [0.25, 0.3) is 0 Å². The smallest absolute Gasteiger partial charge is 0.464 e. The van der Waals surface area contributed by atoms with Gasteiger partial charge >= 0.3 is 13.8 Å². The number of rotatable bonds is 37. The molecule has 1 unspecified atom stereocenters. The average molecular weight is 715 g/mol. The SMILES string of the molecule is CCCCCCCC/C=C\CCCCCCCC(=O)OC[C@@]1(COP(=O)(O)OCCNC)N[C@H]1C(=O)CCCCCCCCCCCCC. The van der Waals surface area contributed by atoms with E-state index in [4.69, 9.17) is 13.8 Å². The Morgan fingerprint density at radius 1 is 0.694 bits per heavy atom. The molecule has 0 spiro atoms. The van der Waals surface area contributed by atoms with Crippen LogP contribution in [0.4, 0.5) is 0 Å². The van der Waals surface area contributed by atoms with Crippen molar-refractivity contribution in [3.8, 4) is 0 Å². The van der Waals surface area contributed by atoms with Crippen molar-refractivity contribution in [1.82, 2.24) is 10.6 Å². The summed E-state index contributed by atoms with van der Waals surface area (Å²) in [5.74, 6) is -0.295. The van der Waals surface area contributed by atoms with Crippen LogP contribution in [0.5, 0.6) is 0 Å². The predicted molar refractivity (Wildman–Crippen MR) is 202 cm³/mol. The van der Waals surface area contributed by atoms with Crippen molar-refractivity contribution in [2.45, 2.75) is 192 Å². The summed E-state index contributed by atoms with van der Waals surface area (Å²) in [6, 6.07) is -0.569. The molecule has 10 heteroatoms. The van der Waals surface area contributed by atoms with Crippen molar-refractivity contribution in [3.05, 3.63) is 12.2 Å². The van der Waals surface area contributed by atoms with Crippen molar-refractivity contribution in [2.24, 2.45) is 0 Å². The molecule has 1 aliphatic rings. The molecule has 0 aliphatic carbocycles. The summed E-state index contributed by atoms with van der Waals surface area (Å²) in [5, 5.41) is 5.98. The lowest BCUT2D eigenvalue weighted by Gasteiger charge is -2.18. The van der Waals surface area contributed by atoms with Crippen LogP contribution in [-0.4, -0.2) is 61.6 Å². The molecule has 0 aromatic carbocycles. The molecule has 0 bridgehead atoms. The molecule has 1 heterocycles. The zero-order valence-corrected chi connectivity index (χ0v) is 32.7. The molecule has 3 atom stereocenters. The van der Waals surface area contributed by atoms with Gasteiger partial charge in [0.15, 0.2) is 5.78 Å². The predicted octanol–water partition coefficient (Wildman–Crippen LogP) is 9.90. The van der Waals surface area contributed by atoms with Crippen molar-refractivity contribution in [3.63, 3.8) is 0 Å². The number of ether oxygens (including phenoxy) is 1. The Balaban J connectivity index is 2.32. The van der Waals surface area contributed by atoms with Gasteiger partial charge in [-0.25, -0.2) is 4.57 Å². The molecular formula is C39H75N2O7P. The van der Waals surface area contributed by atoms with E-state index < -0.39 is 19.4 Å². The van der Waals surface area contributed by atoms with E-state index in [9.17, 15) is 19.0 Å². The summed E-state index contributed by atoms with van der Waals surface area (Å²) in [6.07, 6.45) is 34.2. The number of phosphoric acid groups is 1. The molecule has 0 aromatic heterocycles. The van der Waals surface area contributed by atoms with Crippen molar-refractivity contribution >= 4 is 19.6 Å². The van der Waals surface area contributed by atoms with Gasteiger partial charge in [0.2, 0.25) is 0 Å². The van der Waals surface area contributed by atoms with Crippen molar-refractivity contribution in [2.75, 3.05) is 33.4 Å². The summed E-state index contributed by atoms with van der Waals surface area (Å²) in [4.78, 5) is 35.7. The third-order valence-electron chi connectivity index (χ3n) is 9.47. The van der Waals surface area contributed by atoms with Crippen LogP contribution in [0.15, 0.2) is 12.2 Å². The fourth-order valence-electron chi connectivity index (χ4n) is 6.15. The molecule has 0 saturated carbocycles. The minimum Gasteiger partial charge on any atom is -0.464 e. The molecule has 0 amide bonds. The number of hydrogen-bond donors (Lipinski definition) is 3. The highest BCUT2D eigenvalue weighted by Crippen LogP contribution is 2.45. The van der Waals surface area contributed by atoms with Gasteiger partial charge in [0, 0.05) is 19.4 Å². The number of nitrogens with one attached hydrogen (secondary N) is 2. The monoisotopic (exact) mass is 715 g/mol. The molecule has 0 aromatic rings. The Bertz CT molecular complexity index is 903. The van der Waals surface area contributed by atoms with Gasteiger partial charge in [0.1, 0.15) is 12.1 Å². The highest BCUT2D eigenvalue weighted by molar-refractivity contribution is 7.47. The largest absolute Gasteiger partial charge is 0.472 e. The van der Waals surface area contributed by atoms with Crippen molar-refractivity contribution < 1.29 is 32.8 Å². The first-order valence-electron chi connectivity index (χ1n) is 20.2. The zero-order chi connectivity index (χ0) is 35.9. The summed E-state index contributed by atoms with van der Waals surface area (Å²) in [6.45, 7) is 4.56. The first-order valence-corrected chi connectivity index (χ1v) is 21.7. The van der Waals surface area contributed by atoms with Crippen LogP contribution >= 0.6 is 7.82 Å². The Labute approximate surface area is 300 Å². The normalized spacial score (nSPS) is 18.6. The number of carbonyl (C=O) groups is 2. The van der Waals surface area contributed by atoms with Gasteiger partial charge in [-0.1, -0.05) is 142 Å². The lowest BCUT2D eigenvalue weighted by Crippen LogP contribution is -2.34. The third-order valence-corrected chi connectivity index (χ3v) is 10.4. The van der Waals surface area contributed by atoms with E-state index in [0.29, 0.717) is 19.4 Å². The van der Waals surface area contributed by atoms with Crippen LogP contribution in [0.1, 0.15) is 181 Å². The maximum Gasteiger partial charge on any atom is 0.472 e. The van der Waals surface area contributed by atoms with Crippen LogP contribution in [0, 0.1) is 0 Å². The fourth-order valence-corrected chi connectivity index (χ4v) is 6.94. The molecular weight excluding hydrogens is 639 g/mol. The van der Waals surface area contributed by atoms with Crippen LogP contribution < -0.4 is 10.6 Å². The minimum atomic E-state index is -4.31.